The first-order valence-electron chi connectivity index (χ1n) is 22.8. The van der Waals surface area contributed by atoms with Crippen LogP contribution in [-0.4, -0.2) is 0 Å². The number of hydrogen-bond donors (Lipinski definition) is 0. The van der Waals surface area contributed by atoms with Gasteiger partial charge in [-0.1, -0.05) is 212 Å². The summed E-state index contributed by atoms with van der Waals surface area (Å²) >= 11 is 0. The van der Waals surface area contributed by atoms with Crippen molar-refractivity contribution in [3.05, 3.63) is 275 Å². The fraction of sp³-hybridized carbons (Fsp3) is 0.0312. The zero-order valence-electron chi connectivity index (χ0n) is 35.3. The van der Waals surface area contributed by atoms with E-state index in [4.69, 9.17) is 4.74 Å². The van der Waals surface area contributed by atoms with Gasteiger partial charge >= 0.3 is 0 Å². The van der Waals surface area contributed by atoms with Crippen molar-refractivity contribution in [3.8, 4) is 67.1 Å². The second-order valence-electron chi connectivity index (χ2n) is 18.1. The molecule has 0 fully saturated rings. The molecule has 11 aromatic carbocycles. The van der Waals surface area contributed by atoms with Gasteiger partial charge in [-0.15, -0.1) is 0 Å². The summed E-state index contributed by atoms with van der Waals surface area (Å²) < 4.78 is 7.14. The SMILES string of the molecule is c1ccc2c(c1)Oc1c(cc(-c3ccccc3-c3ccc4c(c3)C3(c5ccccc5-4)c4ccccc4-c4ccc5ccccc5c43)c3ccccc13)C21c2ccccc2-c2ccccc21. The molecule has 1 heterocycles. The number of benzene rings is 11. The van der Waals surface area contributed by atoms with E-state index in [2.05, 4.69) is 231 Å². The van der Waals surface area contributed by atoms with Crippen molar-refractivity contribution in [3.63, 3.8) is 0 Å². The normalized spacial score (nSPS) is 16.0. The van der Waals surface area contributed by atoms with Crippen LogP contribution in [-0.2, 0) is 10.8 Å². The van der Waals surface area contributed by atoms with Crippen LogP contribution in [0, 0.1) is 0 Å². The van der Waals surface area contributed by atoms with Crippen molar-refractivity contribution >= 4 is 21.5 Å². The zero-order chi connectivity index (χ0) is 42.4. The number of rotatable bonds is 2. The van der Waals surface area contributed by atoms with Gasteiger partial charge in [0.25, 0.3) is 0 Å². The van der Waals surface area contributed by atoms with E-state index in [-0.39, 0.29) is 0 Å². The lowest BCUT2D eigenvalue weighted by molar-refractivity contribution is 0.442. The Morgan fingerprint density at radius 1 is 0.262 bits per heavy atom. The minimum absolute atomic E-state index is 0.484. The topological polar surface area (TPSA) is 9.23 Å². The molecule has 0 aromatic heterocycles. The van der Waals surface area contributed by atoms with Gasteiger partial charge in [-0.3, -0.25) is 0 Å². The summed E-state index contributed by atoms with van der Waals surface area (Å²) in [4.78, 5) is 0. The summed E-state index contributed by atoms with van der Waals surface area (Å²) in [6, 6.07) is 86.3. The molecule has 4 aliphatic rings. The fourth-order valence-electron chi connectivity index (χ4n) is 13.0. The molecule has 15 rings (SSSR count). The van der Waals surface area contributed by atoms with Crippen molar-refractivity contribution in [2.24, 2.45) is 0 Å². The van der Waals surface area contributed by atoms with E-state index in [0.29, 0.717) is 0 Å². The smallest absolute Gasteiger partial charge is 0.140 e. The quantitative estimate of drug-likeness (QED) is 0.169. The molecule has 3 aliphatic carbocycles. The lowest BCUT2D eigenvalue weighted by atomic mass is 9.65. The Morgan fingerprint density at radius 2 is 0.738 bits per heavy atom. The first-order chi connectivity index (χ1) is 32.3. The minimum Gasteiger partial charge on any atom is -0.456 e. The van der Waals surface area contributed by atoms with Gasteiger partial charge in [0.1, 0.15) is 11.5 Å². The zero-order valence-corrected chi connectivity index (χ0v) is 35.3. The largest absolute Gasteiger partial charge is 0.456 e. The molecular weight excluding hydrogens is 785 g/mol. The lowest BCUT2D eigenvalue weighted by Crippen LogP contribution is -2.32. The third kappa shape index (κ3) is 4.29. The van der Waals surface area contributed by atoms with Gasteiger partial charge in [0.15, 0.2) is 0 Å². The molecule has 65 heavy (non-hydrogen) atoms. The number of hydrogen-bond acceptors (Lipinski definition) is 1. The standard InChI is InChI=1S/C64H38O/c1-2-19-42-39(17-1)33-36-50-48-25-10-14-30-56(48)64(61(42)50)55-29-13-9-24-47(55)49-35-34-40(37-58(49)64)41-18-3-4-20-43(41)52-38-59-62(51-26-6-5-21-44(51)52)65-60-32-16-15-31-57(60)63(59)53-27-11-7-22-45(53)46-23-8-12-28-54(46)63/h1-38H. The number of para-hydroxylation sites is 1. The Bertz CT molecular complexity index is 3830. The third-order valence-corrected chi connectivity index (χ3v) is 15.4. The predicted molar refractivity (Wildman–Crippen MR) is 266 cm³/mol. The molecule has 0 bridgehead atoms. The van der Waals surface area contributed by atoms with Gasteiger partial charge < -0.3 is 4.74 Å². The minimum atomic E-state index is -0.581. The van der Waals surface area contributed by atoms with E-state index in [9.17, 15) is 0 Å². The summed E-state index contributed by atoms with van der Waals surface area (Å²) in [5.74, 6) is 1.83. The molecule has 1 atom stereocenters. The Kier molecular flexibility index (Phi) is 6.88. The van der Waals surface area contributed by atoms with Crippen LogP contribution in [0.2, 0.25) is 0 Å². The van der Waals surface area contributed by atoms with E-state index in [1.54, 1.807) is 0 Å². The van der Waals surface area contributed by atoms with Crippen LogP contribution < -0.4 is 4.74 Å². The highest BCUT2D eigenvalue weighted by atomic mass is 16.5. The molecule has 0 saturated heterocycles. The van der Waals surface area contributed by atoms with Crippen LogP contribution in [0.5, 0.6) is 11.5 Å². The average Bonchev–Trinajstić information content (AvgIpc) is 3.96. The highest BCUT2D eigenvalue weighted by Crippen LogP contribution is 2.66. The number of ether oxygens (including phenoxy) is 1. The monoisotopic (exact) mass is 822 g/mol. The Morgan fingerprint density at radius 3 is 1.42 bits per heavy atom. The van der Waals surface area contributed by atoms with Gasteiger partial charge in [-0.25, -0.2) is 0 Å². The maximum Gasteiger partial charge on any atom is 0.140 e. The molecule has 2 spiro atoms. The lowest BCUT2D eigenvalue weighted by Gasteiger charge is -2.40. The number of fused-ring (bicyclic) bond motifs is 23. The fourth-order valence-corrected chi connectivity index (χ4v) is 13.0. The van der Waals surface area contributed by atoms with Crippen LogP contribution in [0.15, 0.2) is 231 Å². The van der Waals surface area contributed by atoms with Crippen molar-refractivity contribution in [2.45, 2.75) is 10.8 Å². The van der Waals surface area contributed by atoms with Gasteiger partial charge in [0, 0.05) is 16.5 Å². The third-order valence-electron chi connectivity index (χ3n) is 15.4. The summed E-state index contributed by atoms with van der Waals surface area (Å²) in [5.41, 5.74) is 21.9. The molecule has 0 N–H and O–H groups in total. The van der Waals surface area contributed by atoms with E-state index in [0.717, 1.165) is 16.9 Å². The summed E-state index contributed by atoms with van der Waals surface area (Å²) in [6.07, 6.45) is 0. The first kappa shape index (κ1) is 35.2. The first-order valence-corrected chi connectivity index (χ1v) is 22.8. The Balaban J connectivity index is 1.02. The summed E-state index contributed by atoms with van der Waals surface area (Å²) in [6.45, 7) is 0. The maximum absolute atomic E-state index is 7.14. The van der Waals surface area contributed by atoms with Gasteiger partial charge in [-0.2, -0.15) is 0 Å². The van der Waals surface area contributed by atoms with Gasteiger partial charge in [0.05, 0.1) is 10.8 Å². The van der Waals surface area contributed by atoms with Crippen LogP contribution in [0.25, 0.3) is 77.2 Å². The Labute approximate surface area is 377 Å². The maximum atomic E-state index is 7.14. The molecule has 300 valence electrons. The predicted octanol–water partition coefficient (Wildman–Crippen LogP) is 16.1. The molecule has 1 nitrogen and oxygen atoms in total. The van der Waals surface area contributed by atoms with Crippen molar-refractivity contribution in [1.82, 2.24) is 0 Å². The molecule has 0 amide bonds. The van der Waals surface area contributed by atoms with Crippen LogP contribution in [0.1, 0.15) is 44.5 Å². The molecule has 0 saturated carbocycles. The molecular formula is C64H38O. The molecule has 0 radical (unpaired) electrons. The second kappa shape index (κ2) is 12.7. The molecule has 1 aliphatic heterocycles. The van der Waals surface area contributed by atoms with Crippen LogP contribution in [0.3, 0.4) is 0 Å². The molecule has 1 heteroatoms. The van der Waals surface area contributed by atoms with E-state index >= 15 is 0 Å². The Hall–Kier alpha value is -8.26. The molecule has 1 unspecified atom stereocenters. The summed E-state index contributed by atoms with van der Waals surface area (Å²) in [7, 11) is 0. The van der Waals surface area contributed by atoms with Gasteiger partial charge in [-0.05, 0) is 123 Å². The van der Waals surface area contributed by atoms with Gasteiger partial charge in [0.2, 0.25) is 0 Å². The average molecular weight is 823 g/mol. The summed E-state index contributed by atoms with van der Waals surface area (Å²) in [5, 5.41) is 4.85. The second-order valence-corrected chi connectivity index (χ2v) is 18.1. The van der Waals surface area contributed by atoms with Crippen LogP contribution in [0.4, 0.5) is 0 Å². The van der Waals surface area contributed by atoms with E-state index in [1.807, 2.05) is 0 Å². The van der Waals surface area contributed by atoms with Crippen molar-refractivity contribution < 1.29 is 4.74 Å². The van der Waals surface area contributed by atoms with E-state index in [1.165, 1.54) is 116 Å². The van der Waals surface area contributed by atoms with E-state index < -0.39 is 10.8 Å². The highest BCUT2D eigenvalue weighted by Gasteiger charge is 2.53. The van der Waals surface area contributed by atoms with Crippen LogP contribution >= 0.6 is 0 Å². The highest BCUT2D eigenvalue weighted by molar-refractivity contribution is 6.08. The van der Waals surface area contributed by atoms with Crippen molar-refractivity contribution in [2.75, 3.05) is 0 Å². The van der Waals surface area contributed by atoms with Crippen molar-refractivity contribution in [1.29, 1.82) is 0 Å². The molecule has 11 aromatic rings.